The highest BCUT2D eigenvalue weighted by Crippen LogP contribution is 2.32. The van der Waals surface area contributed by atoms with Crippen LogP contribution in [-0.4, -0.2) is 21.0 Å². The van der Waals surface area contributed by atoms with Gasteiger partial charge >= 0.3 is 5.97 Å². The molecule has 1 N–H and O–H groups in total. The van der Waals surface area contributed by atoms with Crippen molar-refractivity contribution in [2.24, 2.45) is 0 Å². The summed E-state index contributed by atoms with van der Waals surface area (Å²) >= 11 is 7.81. The van der Waals surface area contributed by atoms with Gasteiger partial charge in [-0.25, -0.2) is 9.78 Å². The molecule has 2 rings (SSSR count). The molecular weight excluding hydrogens is 372 g/mol. The quantitative estimate of drug-likeness (QED) is 0.865. The SMILES string of the molecule is Cc1nc(-c2ncc(Br)cc2Br)sc1C(=O)O. The number of thiazole rings is 1. The van der Waals surface area contributed by atoms with Crippen LogP contribution in [0.5, 0.6) is 0 Å². The molecule has 0 radical (unpaired) electrons. The van der Waals surface area contributed by atoms with E-state index in [1.54, 1.807) is 13.1 Å². The molecule has 0 amide bonds. The zero-order valence-corrected chi connectivity index (χ0v) is 12.6. The predicted molar refractivity (Wildman–Crippen MR) is 72.4 cm³/mol. The van der Waals surface area contributed by atoms with Gasteiger partial charge in [-0.05, 0) is 44.8 Å². The predicted octanol–water partition coefficient (Wildman–Crippen LogP) is 3.74. The van der Waals surface area contributed by atoms with Gasteiger partial charge in [-0.15, -0.1) is 11.3 Å². The molecule has 7 heteroatoms. The molecule has 0 bridgehead atoms. The first-order chi connectivity index (χ1) is 7.99. The third-order valence-corrected chi connectivity index (χ3v) is 4.19. The smallest absolute Gasteiger partial charge is 0.347 e. The Balaban J connectivity index is 2.53. The summed E-state index contributed by atoms with van der Waals surface area (Å²) in [5.74, 6) is -0.959. The van der Waals surface area contributed by atoms with E-state index in [-0.39, 0.29) is 4.88 Å². The maximum Gasteiger partial charge on any atom is 0.347 e. The second kappa shape index (κ2) is 4.83. The molecule has 2 heterocycles. The lowest BCUT2D eigenvalue weighted by Gasteiger charge is -1.99. The van der Waals surface area contributed by atoms with Crippen LogP contribution in [0.1, 0.15) is 15.4 Å². The molecule has 0 saturated heterocycles. The van der Waals surface area contributed by atoms with Gasteiger partial charge in [-0.3, -0.25) is 4.98 Å². The van der Waals surface area contributed by atoms with Crippen LogP contribution in [0, 0.1) is 6.92 Å². The molecule has 0 aliphatic carbocycles. The van der Waals surface area contributed by atoms with Gasteiger partial charge in [0, 0.05) is 15.1 Å². The number of carboxylic acid groups (broad SMARTS) is 1. The van der Waals surface area contributed by atoms with E-state index in [4.69, 9.17) is 5.11 Å². The van der Waals surface area contributed by atoms with Crippen molar-refractivity contribution in [1.82, 2.24) is 9.97 Å². The summed E-state index contributed by atoms with van der Waals surface area (Å²) in [4.78, 5) is 19.6. The van der Waals surface area contributed by atoms with E-state index < -0.39 is 5.97 Å². The molecule has 0 unspecified atom stereocenters. The molecule has 2 aromatic heterocycles. The number of aromatic carboxylic acids is 1. The van der Waals surface area contributed by atoms with Gasteiger partial charge in [0.1, 0.15) is 15.6 Å². The number of rotatable bonds is 2. The van der Waals surface area contributed by atoms with Crippen LogP contribution >= 0.6 is 43.2 Å². The molecule has 88 valence electrons. The van der Waals surface area contributed by atoms with E-state index in [0.717, 1.165) is 20.3 Å². The van der Waals surface area contributed by atoms with Crippen LogP contribution in [-0.2, 0) is 0 Å². The summed E-state index contributed by atoms with van der Waals surface area (Å²) in [6.07, 6.45) is 1.65. The van der Waals surface area contributed by atoms with Crippen molar-refractivity contribution in [1.29, 1.82) is 0 Å². The lowest BCUT2D eigenvalue weighted by molar-refractivity contribution is 0.0701. The Morgan fingerprint density at radius 2 is 2.18 bits per heavy atom. The van der Waals surface area contributed by atoms with E-state index in [1.165, 1.54) is 0 Å². The highest BCUT2D eigenvalue weighted by Gasteiger charge is 2.17. The van der Waals surface area contributed by atoms with Gasteiger partial charge in [0.15, 0.2) is 0 Å². The third-order valence-electron chi connectivity index (χ3n) is 2.00. The van der Waals surface area contributed by atoms with Crippen molar-refractivity contribution in [2.75, 3.05) is 0 Å². The monoisotopic (exact) mass is 376 g/mol. The first kappa shape index (κ1) is 12.7. The fourth-order valence-corrected chi connectivity index (χ4v) is 3.49. The molecular formula is C10H6Br2N2O2S. The summed E-state index contributed by atoms with van der Waals surface area (Å²) in [6.45, 7) is 1.68. The van der Waals surface area contributed by atoms with Crippen molar-refractivity contribution < 1.29 is 9.90 Å². The summed E-state index contributed by atoms with van der Waals surface area (Å²) < 4.78 is 1.62. The first-order valence-electron chi connectivity index (χ1n) is 4.51. The molecule has 2 aromatic rings. The first-order valence-corrected chi connectivity index (χ1v) is 6.91. The highest BCUT2D eigenvalue weighted by molar-refractivity contribution is 9.11. The van der Waals surface area contributed by atoms with E-state index in [0.29, 0.717) is 16.4 Å². The minimum atomic E-state index is -0.959. The number of aromatic nitrogens is 2. The maximum absolute atomic E-state index is 10.9. The Kier molecular flexibility index (Phi) is 3.60. The molecule has 0 aliphatic heterocycles. The van der Waals surface area contributed by atoms with Crippen molar-refractivity contribution in [2.45, 2.75) is 6.92 Å². The number of hydrogen-bond acceptors (Lipinski definition) is 4. The largest absolute Gasteiger partial charge is 0.477 e. The van der Waals surface area contributed by atoms with Crippen molar-refractivity contribution in [3.63, 3.8) is 0 Å². The van der Waals surface area contributed by atoms with Gasteiger partial charge < -0.3 is 5.11 Å². The molecule has 17 heavy (non-hydrogen) atoms. The summed E-state index contributed by atoms with van der Waals surface area (Å²) in [5, 5.41) is 9.57. The molecule has 0 fully saturated rings. The topological polar surface area (TPSA) is 63.1 Å². The molecule has 0 aromatic carbocycles. The summed E-state index contributed by atoms with van der Waals surface area (Å²) in [6, 6.07) is 1.85. The number of aryl methyl sites for hydroxylation is 1. The average Bonchev–Trinajstić information content (AvgIpc) is 2.60. The van der Waals surface area contributed by atoms with Crippen molar-refractivity contribution >= 4 is 49.2 Å². The third kappa shape index (κ3) is 2.56. The maximum atomic E-state index is 10.9. The Morgan fingerprint density at radius 3 is 2.71 bits per heavy atom. The van der Waals surface area contributed by atoms with Crippen LogP contribution in [0.2, 0.25) is 0 Å². The Hall–Kier alpha value is -0.790. The lowest BCUT2D eigenvalue weighted by Crippen LogP contribution is -1.94. The van der Waals surface area contributed by atoms with Crippen LogP contribution in [0.4, 0.5) is 0 Å². The normalized spacial score (nSPS) is 10.5. The van der Waals surface area contributed by atoms with Gasteiger partial charge in [0.25, 0.3) is 0 Å². The van der Waals surface area contributed by atoms with Gasteiger partial charge in [0.2, 0.25) is 0 Å². The molecule has 4 nitrogen and oxygen atoms in total. The zero-order valence-electron chi connectivity index (χ0n) is 8.57. The highest BCUT2D eigenvalue weighted by atomic mass is 79.9. The minimum absolute atomic E-state index is 0.247. The van der Waals surface area contributed by atoms with Crippen LogP contribution in [0.3, 0.4) is 0 Å². The molecule has 0 aliphatic rings. The Morgan fingerprint density at radius 1 is 1.47 bits per heavy atom. The fraction of sp³-hybridized carbons (Fsp3) is 0.100. The zero-order chi connectivity index (χ0) is 12.6. The van der Waals surface area contributed by atoms with E-state index >= 15 is 0 Å². The van der Waals surface area contributed by atoms with Gasteiger partial charge in [-0.2, -0.15) is 0 Å². The molecule has 0 atom stereocenters. The van der Waals surface area contributed by atoms with Crippen LogP contribution in [0.25, 0.3) is 10.7 Å². The lowest BCUT2D eigenvalue weighted by atomic mass is 10.3. The number of carboxylic acids is 1. The van der Waals surface area contributed by atoms with Gasteiger partial charge in [0.05, 0.1) is 5.69 Å². The average molecular weight is 378 g/mol. The molecule has 0 saturated carbocycles. The van der Waals surface area contributed by atoms with Gasteiger partial charge in [-0.1, -0.05) is 0 Å². The number of halogens is 2. The Labute approximate surface area is 118 Å². The number of hydrogen-bond donors (Lipinski definition) is 1. The van der Waals surface area contributed by atoms with Crippen LogP contribution in [0.15, 0.2) is 21.2 Å². The fourth-order valence-electron chi connectivity index (χ4n) is 1.27. The summed E-state index contributed by atoms with van der Waals surface area (Å²) in [5.41, 5.74) is 1.16. The van der Waals surface area contributed by atoms with Crippen molar-refractivity contribution in [3.05, 3.63) is 31.8 Å². The van der Waals surface area contributed by atoms with E-state index in [2.05, 4.69) is 41.8 Å². The van der Waals surface area contributed by atoms with Crippen molar-refractivity contribution in [3.8, 4) is 10.7 Å². The minimum Gasteiger partial charge on any atom is -0.477 e. The number of carbonyl (C=O) groups is 1. The van der Waals surface area contributed by atoms with E-state index in [1.807, 2.05) is 6.07 Å². The Bertz CT molecular complexity index is 598. The second-order valence-corrected chi connectivity index (χ2v) is 5.99. The number of nitrogens with zero attached hydrogens (tertiary/aromatic N) is 2. The standard InChI is InChI=1S/C10H6Br2N2O2S/c1-4-8(10(15)16)17-9(14-4)7-6(12)2-5(11)3-13-7/h2-3H,1H3,(H,15,16). The van der Waals surface area contributed by atoms with E-state index in [9.17, 15) is 4.79 Å². The number of pyridine rings is 1. The summed E-state index contributed by atoms with van der Waals surface area (Å²) in [7, 11) is 0. The van der Waals surface area contributed by atoms with Crippen LogP contribution < -0.4 is 0 Å². The molecule has 0 spiro atoms. The second-order valence-electron chi connectivity index (χ2n) is 3.22.